The van der Waals surface area contributed by atoms with Crippen molar-refractivity contribution in [2.24, 2.45) is 5.73 Å². The Kier molecular flexibility index (Phi) is 3.76. The molecule has 0 saturated heterocycles. The Balaban J connectivity index is 2.02. The lowest BCUT2D eigenvalue weighted by atomic mass is 9.96. The minimum Gasteiger partial charge on any atom is -0.369 e. The molecule has 1 aliphatic rings. The van der Waals surface area contributed by atoms with Crippen molar-refractivity contribution in [1.82, 2.24) is 20.2 Å². The molecule has 0 aromatic carbocycles. The van der Waals surface area contributed by atoms with E-state index in [9.17, 15) is 4.79 Å². The summed E-state index contributed by atoms with van der Waals surface area (Å²) in [5.41, 5.74) is 5.10. The molecule has 1 aromatic heterocycles. The third-order valence-corrected chi connectivity index (χ3v) is 3.68. The van der Waals surface area contributed by atoms with E-state index in [0.717, 1.165) is 12.8 Å². The Labute approximate surface area is 98.0 Å². The second-order valence-electron chi connectivity index (χ2n) is 3.95. The van der Waals surface area contributed by atoms with E-state index in [1.165, 1.54) is 31.0 Å². The maximum atomic E-state index is 10.7. The number of hydrogen-bond acceptors (Lipinski definition) is 5. The third kappa shape index (κ3) is 2.72. The van der Waals surface area contributed by atoms with Crippen molar-refractivity contribution in [1.29, 1.82) is 0 Å². The molecule has 2 rings (SSSR count). The fourth-order valence-electron chi connectivity index (χ4n) is 1.97. The average molecular weight is 241 g/mol. The molecule has 1 aliphatic carbocycles. The Morgan fingerprint density at radius 3 is 2.88 bits per heavy atom. The standard InChI is InChI=1S/C9H15N5OS/c10-8(15)6-16-9-11-12-13-14(9)7-4-2-1-3-5-7/h7H,1-6H2,(H2,10,15). The zero-order chi connectivity index (χ0) is 11.4. The first-order chi connectivity index (χ1) is 7.77. The highest BCUT2D eigenvalue weighted by Crippen LogP contribution is 2.29. The van der Waals surface area contributed by atoms with Gasteiger partial charge in [-0.2, -0.15) is 0 Å². The van der Waals surface area contributed by atoms with Crippen LogP contribution in [0.2, 0.25) is 0 Å². The highest BCUT2D eigenvalue weighted by atomic mass is 32.2. The maximum absolute atomic E-state index is 10.7. The molecule has 1 saturated carbocycles. The van der Waals surface area contributed by atoms with Gasteiger partial charge in [-0.3, -0.25) is 4.79 Å². The van der Waals surface area contributed by atoms with Crippen LogP contribution < -0.4 is 5.73 Å². The molecule has 0 atom stereocenters. The summed E-state index contributed by atoms with van der Waals surface area (Å²) in [6.45, 7) is 0. The zero-order valence-electron chi connectivity index (χ0n) is 9.00. The van der Waals surface area contributed by atoms with Crippen LogP contribution in [0, 0.1) is 0 Å². The second kappa shape index (κ2) is 5.29. The van der Waals surface area contributed by atoms with Crippen LogP contribution in [-0.2, 0) is 4.79 Å². The number of hydrogen-bond donors (Lipinski definition) is 1. The van der Waals surface area contributed by atoms with Crippen LogP contribution in [0.1, 0.15) is 38.1 Å². The first-order valence-corrected chi connectivity index (χ1v) is 6.45. The monoisotopic (exact) mass is 241 g/mol. The number of nitrogens with zero attached hydrogens (tertiary/aromatic N) is 4. The van der Waals surface area contributed by atoms with Gasteiger partial charge in [-0.25, -0.2) is 4.68 Å². The van der Waals surface area contributed by atoms with Crippen molar-refractivity contribution in [3.8, 4) is 0 Å². The molecule has 7 heteroatoms. The number of primary amides is 1. The van der Waals surface area contributed by atoms with E-state index in [4.69, 9.17) is 5.73 Å². The lowest BCUT2D eigenvalue weighted by molar-refractivity contribution is -0.115. The number of rotatable bonds is 4. The van der Waals surface area contributed by atoms with Crippen molar-refractivity contribution in [2.45, 2.75) is 43.3 Å². The summed E-state index contributed by atoms with van der Waals surface area (Å²) in [6.07, 6.45) is 5.99. The minimum atomic E-state index is -0.344. The van der Waals surface area contributed by atoms with Gasteiger partial charge in [-0.1, -0.05) is 31.0 Å². The van der Waals surface area contributed by atoms with Crippen LogP contribution in [-0.4, -0.2) is 31.9 Å². The van der Waals surface area contributed by atoms with Gasteiger partial charge >= 0.3 is 0 Å². The highest BCUT2D eigenvalue weighted by Gasteiger charge is 2.20. The number of tetrazole rings is 1. The molecule has 6 nitrogen and oxygen atoms in total. The van der Waals surface area contributed by atoms with Crippen LogP contribution in [0.3, 0.4) is 0 Å². The summed E-state index contributed by atoms with van der Waals surface area (Å²) in [5.74, 6) is -0.115. The molecule has 1 heterocycles. The van der Waals surface area contributed by atoms with E-state index in [1.807, 2.05) is 4.68 Å². The quantitative estimate of drug-likeness (QED) is 0.786. The first kappa shape index (κ1) is 11.4. The Bertz CT molecular complexity index is 361. The minimum absolute atomic E-state index is 0.229. The SMILES string of the molecule is NC(=O)CSc1nnnn1C1CCCCC1. The molecule has 0 bridgehead atoms. The fraction of sp³-hybridized carbons (Fsp3) is 0.778. The molecule has 0 aliphatic heterocycles. The van der Waals surface area contributed by atoms with E-state index >= 15 is 0 Å². The van der Waals surface area contributed by atoms with E-state index in [-0.39, 0.29) is 11.7 Å². The molecule has 2 N–H and O–H groups in total. The Morgan fingerprint density at radius 1 is 1.44 bits per heavy atom. The molecule has 0 unspecified atom stereocenters. The predicted molar refractivity (Wildman–Crippen MR) is 59.9 cm³/mol. The summed E-state index contributed by atoms with van der Waals surface area (Å²) >= 11 is 1.31. The fourth-order valence-corrected chi connectivity index (χ4v) is 2.65. The zero-order valence-corrected chi connectivity index (χ0v) is 9.82. The molecule has 1 amide bonds. The van der Waals surface area contributed by atoms with Gasteiger partial charge in [0.15, 0.2) is 0 Å². The van der Waals surface area contributed by atoms with Crippen LogP contribution >= 0.6 is 11.8 Å². The molecule has 0 spiro atoms. The number of amides is 1. The number of aromatic nitrogens is 4. The van der Waals surface area contributed by atoms with Crippen molar-refractivity contribution < 1.29 is 4.79 Å². The van der Waals surface area contributed by atoms with Crippen LogP contribution in [0.5, 0.6) is 0 Å². The Morgan fingerprint density at radius 2 is 2.19 bits per heavy atom. The third-order valence-electron chi connectivity index (χ3n) is 2.73. The molecule has 0 radical (unpaired) electrons. The van der Waals surface area contributed by atoms with Gasteiger partial charge in [-0.05, 0) is 23.3 Å². The van der Waals surface area contributed by atoms with Crippen molar-refractivity contribution in [3.63, 3.8) is 0 Å². The van der Waals surface area contributed by atoms with Gasteiger partial charge in [0.25, 0.3) is 0 Å². The molecule has 1 aromatic rings. The number of nitrogens with two attached hydrogens (primary N) is 1. The van der Waals surface area contributed by atoms with Gasteiger partial charge in [0.1, 0.15) is 0 Å². The van der Waals surface area contributed by atoms with Crippen LogP contribution in [0.25, 0.3) is 0 Å². The van der Waals surface area contributed by atoms with Crippen LogP contribution in [0.4, 0.5) is 0 Å². The molecular weight excluding hydrogens is 226 g/mol. The maximum Gasteiger partial charge on any atom is 0.227 e. The topological polar surface area (TPSA) is 86.7 Å². The Hall–Kier alpha value is -1.11. The summed E-state index contributed by atoms with van der Waals surface area (Å²) in [4.78, 5) is 10.7. The number of carbonyl (C=O) groups is 1. The number of thioether (sulfide) groups is 1. The van der Waals surface area contributed by atoms with Gasteiger partial charge in [0, 0.05) is 0 Å². The molecule has 1 fully saturated rings. The predicted octanol–water partition coefficient (Wildman–Crippen LogP) is 0.756. The normalized spacial score (nSPS) is 17.5. The number of carbonyl (C=O) groups excluding carboxylic acids is 1. The summed E-state index contributed by atoms with van der Waals surface area (Å²) in [6, 6.07) is 0.388. The smallest absolute Gasteiger partial charge is 0.227 e. The van der Waals surface area contributed by atoms with Gasteiger partial charge in [-0.15, -0.1) is 5.10 Å². The van der Waals surface area contributed by atoms with E-state index in [1.54, 1.807) is 0 Å². The highest BCUT2D eigenvalue weighted by molar-refractivity contribution is 7.99. The lowest BCUT2D eigenvalue weighted by Gasteiger charge is -2.21. The summed E-state index contributed by atoms with van der Waals surface area (Å²) < 4.78 is 1.84. The van der Waals surface area contributed by atoms with E-state index < -0.39 is 0 Å². The van der Waals surface area contributed by atoms with E-state index in [2.05, 4.69) is 15.5 Å². The molecular formula is C9H15N5OS. The molecule has 16 heavy (non-hydrogen) atoms. The second-order valence-corrected chi connectivity index (χ2v) is 4.90. The van der Waals surface area contributed by atoms with Crippen molar-refractivity contribution >= 4 is 17.7 Å². The van der Waals surface area contributed by atoms with Gasteiger partial charge < -0.3 is 5.73 Å². The van der Waals surface area contributed by atoms with Gasteiger partial charge in [0.05, 0.1) is 11.8 Å². The van der Waals surface area contributed by atoms with Crippen molar-refractivity contribution in [2.75, 3.05) is 5.75 Å². The van der Waals surface area contributed by atoms with E-state index in [0.29, 0.717) is 11.2 Å². The first-order valence-electron chi connectivity index (χ1n) is 5.46. The largest absolute Gasteiger partial charge is 0.369 e. The van der Waals surface area contributed by atoms with Crippen molar-refractivity contribution in [3.05, 3.63) is 0 Å². The van der Waals surface area contributed by atoms with Crippen LogP contribution in [0.15, 0.2) is 5.16 Å². The average Bonchev–Trinajstić information content (AvgIpc) is 2.75. The summed E-state index contributed by atoms with van der Waals surface area (Å²) in [5, 5.41) is 12.3. The molecule has 88 valence electrons. The summed E-state index contributed by atoms with van der Waals surface area (Å²) in [7, 11) is 0. The van der Waals surface area contributed by atoms with Gasteiger partial charge in [0.2, 0.25) is 11.1 Å². The lowest BCUT2D eigenvalue weighted by Crippen LogP contribution is -2.17.